The van der Waals surface area contributed by atoms with Gasteiger partial charge < -0.3 is 20.7 Å². The van der Waals surface area contributed by atoms with Crippen molar-refractivity contribution in [2.75, 3.05) is 0 Å². The molecule has 0 heterocycles. The van der Waals surface area contributed by atoms with Crippen molar-refractivity contribution in [3.05, 3.63) is 0 Å². The first-order chi connectivity index (χ1) is 6.38. The van der Waals surface area contributed by atoms with Crippen LogP contribution in [0.5, 0.6) is 0 Å². The largest absolute Gasteiger partial charge is 0.547 e. The lowest BCUT2D eigenvalue weighted by Crippen LogP contribution is -2.57. The summed E-state index contributed by atoms with van der Waals surface area (Å²) in [7, 11) is 0. The number of carbonyl (C=O) groups excluding carboxylic acids is 1. The van der Waals surface area contributed by atoms with E-state index in [2.05, 4.69) is 19.6 Å². The predicted molar refractivity (Wildman–Crippen MR) is 51.1 cm³/mol. The number of aliphatic carboxylic acids is 1. The second kappa shape index (κ2) is 5.98. The van der Waals surface area contributed by atoms with E-state index in [0.717, 1.165) is 19.3 Å². The second-order valence-electron chi connectivity index (χ2n) is 4.27. The molecular weight excluding hydrogens is 182 g/mol. The third kappa shape index (κ3) is 5.19. The highest BCUT2D eigenvalue weighted by Gasteiger charge is 2.30. The van der Waals surface area contributed by atoms with E-state index in [1.165, 1.54) is 0 Å². The maximum Gasteiger partial charge on any atom is 0.104 e. The normalized spacial score (nSPS) is 19.8. The molecule has 0 atom stereocenters. The number of carboxylic acids is 1. The Morgan fingerprint density at radius 1 is 1.36 bits per heavy atom. The SMILES string of the molecule is CC(C)[NH3+].O=C([O-])C1(O)CCCCC1. The number of hydrogen-bond acceptors (Lipinski definition) is 3. The summed E-state index contributed by atoms with van der Waals surface area (Å²) < 4.78 is 0. The molecule has 4 nitrogen and oxygen atoms in total. The molecule has 0 spiro atoms. The third-order valence-electron chi connectivity index (χ3n) is 2.06. The Morgan fingerprint density at radius 3 is 1.93 bits per heavy atom. The number of quaternary nitrogens is 1. The van der Waals surface area contributed by atoms with Crippen LogP contribution in [0, 0.1) is 0 Å². The maximum atomic E-state index is 10.3. The fourth-order valence-electron chi connectivity index (χ4n) is 1.34. The number of carbonyl (C=O) groups is 1. The van der Waals surface area contributed by atoms with Crippen LogP contribution in [-0.2, 0) is 4.79 Å². The van der Waals surface area contributed by atoms with Crippen LogP contribution in [0.2, 0.25) is 0 Å². The fraction of sp³-hybridized carbons (Fsp3) is 0.900. The van der Waals surface area contributed by atoms with Crippen molar-refractivity contribution in [3.63, 3.8) is 0 Å². The quantitative estimate of drug-likeness (QED) is 0.577. The molecule has 14 heavy (non-hydrogen) atoms. The Morgan fingerprint density at radius 2 is 1.71 bits per heavy atom. The standard InChI is InChI=1S/C7H12O3.C3H9N/c8-6(9)7(10)4-2-1-3-5-7;1-3(2)4/h10H,1-5H2,(H,8,9);3H,4H2,1-2H3. The monoisotopic (exact) mass is 203 g/mol. The van der Waals surface area contributed by atoms with Crippen LogP contribution in [0.1, 0.15) is 46.0 Å². The molecule has 0 aromatic rings. The first kappa shape index (κ1) is 13.4. The molecule has 0 aromatic heterocycles. The van der Waals surface area contributed by atoms with Gasteiger partial charge in [0.2, 0.25) is 0 Å². The molecular formula is C10H21NO3. The van der Waals surface area contributed by atoms with Crippen LogP contribution >= 0.6 is 0 Å². The fourth-order valence-corrected chi connectivity index (χ4v) is 1.34. The molecule has 4 heteroatoms. The summed E-state index contributed by atoms with van der Waals surface area (Å²) in [6, 6.07) is 0.583. The highest BCUT2D eigenvalue weighted by atomic mass is 16.4. The Balaban J connectivity index is 0.000000364. The van der Waals surface area contributed by atoms with Crippen molar-refractivity contribution >= 4 is 5.97 Å². The second-order valence-corrected chi connectivity index (χ2v) is 4.27. The topological polar surface area (TPSA) is 88.0 Å². The van der Waals surface area contributed by atoms with E-state index in [1.807, 2.05) is 0 Å². The van der Waals surface area contributed by atoms with Gasteiger partial charge in [-0.05, 0) is 26.7 Å². The van der Waals surface area contributed by atoms with Crippen LogP contribution in [0.3, 0.4) is 0 Å². The molecule has 1 aliphatic carbocycles. The lowest BCUT2D eigenvalue weighted by atomic mass is 9.85. The third-order valence-corrected chi connectivity index (χ3v) is 2.06. The van der Waals surface area contributed by atoms with Gasteiger partial charge in [-0.15, -0.1) is 0 Å². The van der Waals surface area contributed by atoms with Crippen molar-refractivity contribution < 1.29 is 20.7 Å². The van der Waals surface area contributed by atoms with Gasteiger partial charge >= 0.3 is 0 Å². The van der Waals surface area contributed by atoms with Gasteiger partial charge in [0.05, 0.1) is 12.0 Å². The molecule has 0 bridgehead atoms. The molecule has 0 radical (unpaired) electrons. The summed E-state index contributed by atoms with van der Waals surface area (Å²) in [5.74, 6) is -1.31. The van der Waals surface area contributed by atoms with E-state index < -0.39 is 11.6 Å². The minimum absolute atomic E-state index is 0.356. The number of aliphatic hydroxyl groups is 1. The van der Waals surface area contributed by atoms with Crippen LogP contribution in [0.4, 0.5) is 0 Å². The first-order valence-corrected chi connectivity index (χ1v) is 5.15. The van der Waals surface area contributed by atoms with Crippen molar-refractivity contribution in [2.24, 2.45) is 0 Å². The lowest BCUT2D eigenvalue weighted by molar-refractivity contribution is -0.407. The molecule has 1 saturated carbocycles. The zero-order valence-electron chi connectivity index (χ0n) is 9.08. The summed E-state index contributed by atoms with van der Waals surface area (Å²) in [6.45, 7) is 4.11. The highest BCUT2D eigenvalue weighted by Crippen LogP contribution is 2.26. The zero-order valence-corrected chi connectivity index (χ0v) is 9.08. The zero-order chi connectivity index (χ0) is 11.2. The van der Waals surface area contributed by atoms with Crippen molar-refractivity contribution in [1.29, 1.82) is 0 Å². The first-order valence-electron chi connectivity index (χ1n) is 5.15. The molecule has 0 saturated heterocycles. The van der Waals surface area contributed by atoms with Crippen molar-refractivity contribution in [1.82, 2.24) is 0 Å². The Bertz CT molecular complexity index is 171. The van der Waals surface area contributed by atoms with Crippen LogP contribution < -0.4 is 10.8 Å². The molecule has 1 fully saturated rings. The molecule has 0 aromatic carbocycles. The molecule has 0 unspecified atom stereocenters. The lowest BCUT2D eigenvalue weighted by Gasteiger charge is -2.32. The number of rotatable bonds is 1. The maximum absolute atomic E-state index is 10.3. The van der Waals surface area contributed by atoms with E-state index >= 15 is 0 Å². The van der Waals surface area contributed by atoms with Crippen molar-refractivity contribution in [2.45, 2.75) is 57.6 Å². The summed E-state index contributed by atoms with van der Waals surface area (Å²) >= 11 is 0. The van der Waals surface area contributed by atoms with Crippen LogP contribution in [0.25, 0.3) is 0 Å². The van der Waals surface area contributed by atoms with E-state index in [1.54, 1.807) is 0 Å². The Labute approximate surface area is 85.1 Å². The van der Waals surface area contributed by atoms with E-state index in [9.17, 15) is 15.0 Å². The van der Waals surface area contributed by atoms with Crippen LogP contribution in [0.15, 0.2) is 0 Å². The molecule has 0 amide bonds. The van der Waals surface area contributed by atoms with Crippen LogP contribution in [-0.4, -0.2) is 22.7 Å². The molecule has 4 N–H and O–H groups in total. The highest BCUT2D eigenvalue weighted by molar-refractivity contribution is 5.74. The van der Waals surface area contributed by atoms with Gasteiger partial charge in [0.15, 0.2) is 0 Å². The number of hydrogen-bond donors (Lipinski definition) is 2. The van der Waals surface area contributed by atoms with Gasteiger partial charge in [-0.1, -0.05) is 19.3 Å². The van der Waals surface area contributed by atoms with E-state index in [0.29, 0.717) is 18.9 Å². The predicted octanol–water partition coefficient (Wildman–Crippen LogP) is -0.932. The Hall–Kier alpha value is -0.610. The minimum Gasteiger partial charge on any atom is -0.547 e. The van der Waals surface area contributed by atoms with Gasteiger partial charge in [-0.25, -0.2) is 0 Å². The molecule has 1 aliphatic rings. The average Bonchev–Trinajstić information content (AvgIpc) is 2.04. The van der Waals surface area contributed by atoms with Gasteiger partial charge in [0, 0.05) is 0 Å². The molecule has 84 valence electrons. The summed E-state index contributed by atoms with van der Waals surface area (Å²) in [5, 5.41) is 19.6. The van der Waals surface area contributed by atoms with E-state index in [-0.39, 0.29) is 0 Å². The van der Waals surface area contributed by atoms with Gasteiger partial charge in [-0.3, -0.25) is 0 Å². The average molecular weight is 203 g/mol. The van der Waals surface area contributed by atoms with Gasteiger partial charge in [-0.2, -0.15) is 0 Å². The minimum atomic E-state index is -1.52. The summed E-state index contributed by atoms with van der Waals surface area (Å²) in [4.78, 5) is 10.3. The Kier molecular flexibility index (Phi) is 5.72. The molecule has 0 aliphatic heterocycles. The smallest absolute Gasteiger partial charge is 0.104 e. The van der Waals surface area contributed by atoms with Crippen molar-refractivity contribution in [3.8, 4) is 0 Å². The van der Waals surface area contributed by atoms with Gasteiger partial charge in [0.1, 0.15) is 5.60 Å². The summed E-state index contributed by atoms with van der Waals surface area (Å²) in [6.07, 6.45) is 3.33. The molecule has 1 rings (SSSR count). The van der Waals surface area contributed by atoms with E-state index in [4.69, 9.17) is 0 Å². The summed E-state index contributed by atoms with van der Waals surface area (Å²) in [5.41, 5.74) is 2.12. The number of carboxylic acid groups (broad SMARTS) is 1. The van der Waals surface area contributed by atoms with Gasteiger partial charge in [0.25, 0.3) is 0 Å².